The fraction of sp³-hybridized carbons (Fsp3) is 0.364. The zero-order chi connectivity index (χ0) is 14.2. The lowest BCUT2D eigenvalue weighted by atomic mass is 10.2. The van der Waals surface area contributed by atoms with E-state index in [4.69, 9.17) is 23.1 Å². The summed E-state index contributed by atoms with van der Waals surface area (Å²) in [5.74, 6) is -0.651. The number of benzene rings is 1. The van der Waals surface area contributed by atoms with Gasteiger partial charge in [0, 0.05) is 11.6 Å². The Morgan fingerprint density at radius 2 is 2.11 bits per heavy atom. The van der Waals surface area contributed by atoms with Crippen molar-refractivity contribution < 1.29 is 13.2 Å². The fourth-order valence-corrected chi connectivity index (χ4v) is 4.22. The summed E-state index contributed by atoms with van der Waals surface area (Å²) >= 11 is 5.80. The van der Waals surface area contributed by atoms with E-state index in [-0.39, 0.29) is 22.2 Å². The molecule has 0 bridgehead atoms. The fourth-order valence-electron chi connectivity index (χ4n) is 2.17. The molecule has 0 spiro atoms. The Hall–Kier alpha value is -1.31. The molecule has 2 rings (SSSR count). The van der Waals surface area contributed by atoms with Crippen LogP contribution < -0.4 is 11.5 Å². The number of rotatable bonds is 3. The van der Waals surface area contributed by atoms with Crippen molar-refractivity contribution in [1.82, 2.24) is 4.31 Å². The zero-order valence-corrected chi connectivity index (χ0v) is 11.6. The van der Waals surface area contributed by atoms with E-state index in [1.807, 2.05) is 0 Å². The number of anilines is 1. The van der Waals surface area contributed by atoms with Crippen LogP contribution in [0.4, 0.5) is 5.69 Å². The molecule has 1 aliphatic rings. The Morgan fingerprint density at radius 1 is 1.42 bits per heavy atom. The molecule has 0 aromatic heterocycles. The van der Waals surface area contributed by atoms with Crippen molar-refractivity contribution in [2.75, 3.05) is 12.3 Å². The number of amides is 1. The van der Waals surface area contributed by atoms with Crippen molar-refractivity contribution in [3.63, 3.8) is 0 Å². The maximum Gasteiger partial charge on any atom is 0.245 e. The van der Waals surface area contributed by atoms with Gasteiger partial charge in [-0.2, -0.15) is 4.31 Å². The molecular formula is C11H14ClN3O3S. The highest BCUT2D eigenvalue weighted by atomic mass is 35.5. The summed E-state index contributed by atoms with van der Waals surface area (Å²) < 4.78 is 26.1. The standard InChI is InChI=1S/C11H14ClN3O3S/c12-7-3-4-8(13)10(6-7)19(17,18)15-5-1-2-9(15)11(14)16/h3-4,6,9H,1-2,5,13H2,(H2,14,16). The number of nitrogens with two attached hydrogens (primary N) is 2. The maximum atomic E-state index is 12.5. The van der Waals surface area contributed by atoms with Crippen LogP contribution in [0.1, 0.15) is 12.8 Å². The molecule has 1 heterocycles. The molecule has 1 amide bonds. The van der Waals surface area contributed by atoms with E-state index in [2.05, 4.69) is 0 Å². The summed E-state index contributed by atoms with van der Waals surface area (Å²) in [4.78, 5) is 11.2. The molecule has 19 heavy (non-hydrogen) atoms. The molecule has 1 atom stereocenters. The number of carbonyl (C=O) groups excluding carboxylic acids is 1. The molecular weight excluding hydrogens is 290 g/mol. The summed E-state index contributed by atoms with van der Waals surface area (Å²) in [5.41, 5.74) is 11.0. The van der Waals surface area contributed by atoms with Gasteiger partial charge >= 0.3 is 0 Å². The lowest BCUT2D eigenvalue weighted by Gasteiger charge is -2.22. The minimum absolute atomic E-state index is 0.0897. The second-order valence-electron chi connectivity index (χ2n) is 4.36. The van der Waals surface area contributed by atoms with Gasteiger partial charge < -0.3 is 11.5 Å². The smallest absolute Gasteiger partial charge is 0.245 e. The van der Waals surface area contributed by atoms with Crippen molar-refractivity contribution in [2.24, 2.45) is 5.73 Å². The van der Waals surface area contributed by atoms with Crippen LogP contribution in [0.3, 0.4) is 0 Å². The van der Waals surface area contributed by atoms with Gasteiger partial charge in [0.25, 0.3) is 0 Å². The second-order valence-corrected chi connectivity index (χ2v) is 6.65. The third-order valence-corrected chi connectivity index (χ3v) is 5.29. The van der Waals surface area contributed by atoms with Gasteiger partial charge in [-0.1, -0.05) is 11.6 Å². The number of sulfonamides is 1. The maximum absolute atomic E-state index is 12.5. The molecule has 0 aliphatic carbocycles. The van der Waals surface area contributed by atoms with E-state index < -0.39 is 22.0 Å². The van der Waals surface area contributed by atoms with E-state index in [1.165, 1.54) is 18.2 Å². The Bertz CT molecular complexity index is 618. The lowest BCUT2D eigenvalue weighted by Crippen LogP contribution is -2.43. The van der Waals surface area contributed by atoms with E-state index >= 15 is 0 Å². The van der Waals surface area contributed by atoms with E-state index in [9.17, 15) is 13.2 Å². The topological polar surface area (TPSA) is 106 Å². The number of primary amides is 1. The molecule has 1 unspecified atom stereocenters. The van der Waals surface area contributed by atoms with E-state index in [0.717, 1.165) is 4.31 Å². The zero-order valence-electron chi connectivity index (χ0n) is 10.0. The summed E-state index contributed by atoms with van der Waals surface area (Å²) in [6.45, 7) is 0.252. The van der Waals surface area contributed by atoms with Crippen LogP contribution in [0.5, 0.6) is 0 Å². The van der Waals surface area contributed by atoms with Crippen LogP contribution in [0.25, 0.3) is 0 Å². The third-order valence-electron chi connectivity index (χ3n) is 3.09. The number of nitrogen functional groups attached to an aromatic ring is 1. The molecule has 1 aliphatic heterocycles. The summed E-state index contributed by atoms with van der Waals surface area (Å²) in [6, 6.07) is 3.39. The number of hydrogen-bond donors (Lipinski definition) is 2. The van der Waals surface area contributed by atoms with Crippen molar-refractivity contribution in [2.45, 2.75) is 23.8 Å². The first-order valence-corrected chi connectivity index (χ1v) is 7.52. The van der Waals surface area contributed by atoms with E-state index in [1.54, 1.807) is 0 Å². The summed E-state index contributed by atoms with van der Waals surface area (Å²) in [6.07, 6.45) is 1.02. The minimum atomic E-state index is -3.86. The van der Waals surface area contributed by atoms with Gasteiger partial charge in [0.05, 0.1) is 5.69 Å². The van der Waals surface area contributed by atoms with Gasteiger partial charge in [-0.3, -0.25) is 4.79 Å². The van der Waals surface area contributed by atoms with Crippen LogP contribution >= 0.6 is 11.6 Å². The molecule has 6 nitrogen and oxygen atoms in total. The van der Waals surface area contributed by atoms with Crippen LogP contribution in [0.15, 0.2) is 23.1 Å². The molecule has 1 saturated heterocycles. The Balaban J connectivity index is 2.48. The van der Waals surface area contributed by atoms with Crippen molar-refractivity contribution in [1.29, 1.82) is 0 Å². The molecule has 1 fully saturated rings. The largest absolute Gasteiger partial charge is 0.398 e. The number of hydrogen-bond acceptors (Lipinski definition) is 4. The van der Waals surface area contributed by atoms with E-state index in [0.29, 0.717) is 12.8 Å². The molecule has 0 radical (unpaired) electrons. The normalized spacial score (nSPS) is 20.6. The van der Waals surface area contributed by atoms with Gasteiger partial charge in [-0.25, -0.2) is 8.42 Å². The Kier molecular flexibility index (Phi) is 3.71. The predicted octanol–water partition coefficient (Wildman–Crippen LogP) is 0.561. The van der Waals surface area contributed by atoms with Gasteiger partial charge in [0.2, 0.25) is 15.9 Å². The number of halogens is 1. The van der Waals surface area contributed by atoms with Gasteiger partial charge in [-0.05, 0) is 31.0 Å². The van der Waals surface area contributed by atoms with Crippen LogP contribution in [0, 0.1) is 0 Å². The molecule has 1 aromatic rings. The number of nitrogens with zero attached hydrogens (tertiary/aromatic N) is 1. The quantitative estimate of drug-likeness (QED) is 0.796. The van der Waals surface area contributed by atoms with Gasteiger partial charge in [0.1, 0.15) is 10.9 Å². The highest BCUT2D eigenvalue weighted by Crippen LogP contribution is 2.30. The molecule has 104 valence electrons. The minimum Gasteiger partial charge on any atom is -0.398 e. The lowest BCUT2D eigenvalue weighted by molar-refractivity contribution is -0.121. The van der Waals surface area contributed by atoms with Crippen molar-refractivity contribution in [3.8, 4) is 0 Å². The van der Waals surface area contributed by atoms with Crippen LogP contribution in [0.2, 0.25) is 5.02 Å². The first-order chi connectivity index (χ1) is 8.84. The van der Waals surface area contributed by atoms with Gasteiger partial charge in [-0.15, -0.1) is 0 Å². The number of carbonyl (C=O) groups is 1. The molecule has 1 aromatic carbocycles. The average molecular weight is 304 g/mol. The second kappa shape index (κ2) is 4.99. The first kappa shape index (κ1) is 14.1. The summed E-state index contributed by atoms with van der Waals surface area (Å²) in [5, 5.41) is 0.266. The van der Waals surface area contributed by atoms with Crippen LogP contribution in [-0.2, 0) is 14.8 Å². The summed E-state index contributed by atoms with van der Waals surface area (Å²) in [7, 11) is -3.86. The molecule has 0 saturated carbocycles. The highest BCUT2D eigenvalue weighted by Gasteiger charge is 2.39. The molecule has 4 N–H and O–H groups in total. The SMILES string of the molecule is NC(=O)C1CCCN1S(=O)(=O)c1cc(Cl)ccc1N. The third kappa shape index (κ3) is 2.54. The Labute approximate surface area is 116 Å². The van der Waals surface area contributed by atoms with Crippen molar-refractivity contribution >= 4 is 33.2 Å². The Morgan fingerprint density at radius 3 is 2.74 bits per heavy atom. The monoisotopic (exact) mass is 303 g/mol. The molecule has 8 heteroatoms. The average Bonchev–Trinajstić information content (AvgIpc) is 2.82. The van der Waals surface area contributed by atoms with Crippen LogP contribution in [-0.4, -0.2) is 31.2 Å². The first-order valence-electron chi connectivity index (χ1n) is 5.70. The highest BCUT2D eigenvalue weighted by molar-refractivity contribution is 7.89. The van der Waals surface area contributed by atoms with Crippen molar-refractivity contribution in [3.05, 3.63) is 23.2 Å². The van der Waals surface area contributed by atoms with Gasteiger partial charge in [0.15, 0.2) is 0 Å². The predicted molar refractivity (Wildman–Crippen MR) is 72.0 cm³/mol.